The molecular formula is C31H39F5N6O3. The standard InChI is InChI=1S/C16H20FN3O2.C11H12FN3.C2HF3O.C2H6/c1-15(2,3)22-14(21)20-8-6-16(17,7-9-20)13-5-4-12(10-18)11-19-13;12-11(3-5-14-6-4-11)10-2-1-9(7-13)8-15-10;3-2(4,5)1-6;1-2/h4-5,11H,6-9H2,1-3H3;1-2,8,14H,3-6H2;1H;1-2H3/i;;;1D. The fourth-order valence-corrected chi connectivity index (χ4v) is 4.16. The predicted octanol–water partition coefficient (Wildman–Crippen LogP) is 6.42. The van der Waals surface area contributed by atoms with E-state index in [9.17, 15) is 26.7 Å². The first-order valence-electron chi connectivity index (χ1n) is 14.8. The summed E-state index contributed by atoms with van der Waals surface area (Å²) < 4.78 is 72.1. The van der Waals surface area contributed by atoms with Crippen LogP contribution in [-0.2, 0) is 20.9 Å². The van der Waals surface area contributed by atoms with E-state index in [-0.39, 0.29) is 25.9 Å². The molecule has 9 nitrogen and oxygen atoms in total. The molecule has 14 heteroatoms. The Bertz CT molecular complexity index is 1310. The van der Waals surface area contributed by atoms with Gasteiger partial charge in [0, 0.05) is 39.7 Å². The molecule has 0 spiro atoms. The van der Waals surface area contributed by atoms with Gasteiger partial charge in [-0.3, -0.25) is 14.8 Å². The van der Waals surface area contributed by atoms with E-state index >= 15 is 0 Å². The van der Waals surface area contributed by atoms with E-state index in [4.69, 9.17) is 21.4 Å². The van der Waals surface area contributed by atoms with E-state index in [1.54, 1.807) is 52.0 Å². The number of likely N-dealkylation sites (tertiary alicyclic amines) is 1. The van der Waals surface area contributed by atoms with Gasteiger partial charge >= 0.3 is 12.3 Å². The van der Waals surface area contributed by atoms with Crippen LogP contribution < -0.4 is 5.32 Å². The SMILES string of the molecule is CC(C)(C)OC(=O)N1CCC(F)(c2ccc(C#N)cn2)CC1.N#Cc1ccc(C2(F)CCNCC2)nc1.O=CC(F)(F)F.[2H]CC. The van der Waals surface area contributed by atoms with Crippen LogP contribution in [0.3, 0.4) is 0 Å². The highest BCUT2D eigenvalue weighted by atomic mass is 19.4. The number of piperidine rings is 2. The van der Waals surface area contributed by atoms with Gasteiger partial charge in [-0.05, 0) is 71.0 Å². The Hall–Kier alpha value is -4.17. The second kappa shape index (κ2) is 17.4. The monoisotopic (exact) mass is 639 g/mol. The Labute approximate surface area is 261 Å². The molecule has 4 rings (SSSR count). The molecule has 2 saturated heterocycles. The van der Waals surface area contributed by atoms with Gasteiger partial charge in [0.1, 0.15) is 17.7 Å². The zero-order chi connectivity index (χ0) is 35.0. The molecule has 0 radical (unpaired) electrons. The summed E-state index contributed by atoms with van der Waals surface area (Å²) in [7, 11) is 0. The number of halogens is 5. The van der Waals surface area contributed by atoms with Gasteiger partial charge in [0.15, 0.2) is 11.3 Å². The molecule has 0 saturated carbocycles. The molecular weight excluding hydrogens is 599 g/mol. The average Bonchev–Trinajstić information content (AvgIpc) is 3.02. The molecule has 0 aromatic carbocycles. The molecule has 2 aromatic heterocycles. The molecule has 4 heterocycles. The maximum Gasteiger partial charge on any atom is 0.446 e. The second-order valence-corrected chi connectivity index (χ2v) is 10.9. The lowest BCUT2D eigenvalue weighted by Gasteiger charge is -2.36. The third-order valence-corrected chi connectivity index (χ3v) is 6.44. The molecule has 0 atom stereocenters. The third kappa shape index (κ3) is 13.2. The van der Waals surface area contributed by atoms with Crippen molar-refractivity contribution < 1.29 is 37.6 Å². The number of hydrogen-bond acceptors (Lipinski definition) is 8. The third-order valence-electron chi connectivity index (χ3n) is 6.44. The predicted molar refractivity (Wildman–Crippen MR) is 156 cm³/mol. The summed E-state index contributed by atoms with van der Waals surface area (Å²) in [5.74, 6) is 0. The Morgan fingerprint density at radius 2 is 1.36 bits per heavy atom. The topological polar surface area (TPSA) is 132 Å². The molecule has 45 heavy (non-hydrogen) atoms. The maximum atomic E-state index is 15.0. The molecule has 0 aliphatic carbocycles. The summed E-state index contributed by atoms with van der Waals surface area (Å²) in [4.78, 5) is 30.3. The molecule has 0 unspecified atom stereocenters. The quantitative estimate of drug-likeness (QED) is 0.294. The molecule has 0 bridgehead atoms. The number of nitrogens with one attached hydrogen (secondary N) is 1. The number of aldehydes is 1. The number of nitriles is 2. The zero-order valence-corrected chi connectivity index (χ0v) is 25.8. The van der Waals surface area contributed by atoms with Crippen LogP contribution in [-0.4, -0.2) is 65.2 Å². The van der Waals surface area contributed by atoms with E-state index in [0.29, 0.717) is 55.3 Å². The summed E-state index contributed by atoms with van der Waals surface area (Å²) in [6, 6.07) is 10.3. The number of rotatable bonds is 2. The van der Waals surface area contributed by atoms with Crippen LogP contribution in [0.1, 0.15) is 84.2 Å². The maximum absolute atomic E-state index is 15.0. The lowest BCUT2D eigenvalue weighted by molar-refractivity contribution is -0.156. The Balaban J connectivity index is 0.000000379. The number of carbonyl (C=O) groups is 2. The number of ether oxygens (including phenoxy) is 1. The Morgan fingerprint density at radius 1 is 0.956 bits per heavy atom. The second-order valence-electron chi connectivity index (χ2n) is 10.9. The van der Waals surface area contributed by atoms with Gasteiger partial charge in [-0.15, -0.1) is 0 Å². The molecule has 2 aromatic rings. The number of nitrogens with zero attached hydrogens (tertiary/aromatic N) is 5. The first-order chi connectivity index (χ1) is 21.5. The van der Waals surface area contributed by atoms with E-state index < -0.39 is 35.5 Å². The minimum absolute atomic E-state index is 0.172. The van der Waals surface area contributed by atoms with Gasteiger partial charge < -0.3 is 15.0 Å². The van der Waals surface area contributed by atoms with Crippen molar-refractivity contribution in [2.45, 2.75) is 83.4 Å². The van der Waals surface area contributed by atoms with Crippen LogP contribution in [0.4, 0.5) is 26.7 Å². The first kappa shape index (κ1) is 37.0. The first-order valence-corrected chi connectivity index (χ1v) is 14.1. The van der Waals surface area contributed by atoms with Gasteiger partial charge in [-0.25, -0.2) is 13.6 Å². The summed E-state index contributed by atoms with van der Waals surface area (Å²) in [5.41, 5.74) is -1.81. The van der Waals surface area contributed by atoms with Crippen LogP contribution in [0.25, 0.3) is 0 Å². The summed E-state index contributed by atoms with van der Waals surface area (Å²) in [6.45, 7) is 9.62. The average molecular weight is 640 g/mol. The lowest BCUT2D eigenvalue weighted by atomic mass is 9.89. The Kier molecular flexibility index (Phi) is 14.3. The molecule has 246 valence electrons. The fraction of sp³-hybridized carbons (Fsp3) is 0.548. The molecule has 2 aliphatic rings. The van der Waals surface area contributed by atoms with Crippen LogP contribution in [0.15, 0.2) is 36.7 Å². The Morgan fingerprint density at radius 3 is 1.67 bits per heavy atom. The number of aromatic nitrogens is 2. The minimum atomic E-state index is -4.64. The van der Waals surface area contributed by atoms with Crippen LogP contribution in [0, 0.1) is 22.7 Å². The summed E-state index contributed by atoms with van der Waals surface area (Å²) in [5, 5.41) is 20.5. The molecule has 2 fully saturated rings. The van der Waals surface area contributed by atoms with Crippen molar-refractivity contribution >= 4 is 12.4 Å². The van der Waals surface area contributed by atoms with Crippen molar-refractivity contribution in [3.8, 4) is 12.1 Å². The summed E-state index contributed by atoms with van der Waals surface area (Å²) >= 11 is 0. The largest absolute Gasteiger partial charge is 0.446 e. The number of pyridine rings is 2. The summed E-state index contributed by atoms with van der Waals surface area (Å²) in [6.07, 6.45) is -2.07. The van der Waals surface area contributed by atoms with Gasteiger partial charge in [-0.2, -0.15) is 23.7 Å². The van der Waals surface area contributed by atoms with Crippen molar-refractivity contribution in [2.24, 2.45) is 0 Å². The van der Waals surface area contributed by atoms with E-state index in [1.165, 1.54) is 17.3 Å². The van der Waals surface area contributed by atoms with E-state index in [0.717, 1.165) is 0 Å². The van der Waals surface area contributed by atoms with Crippen molar-refractivity contribution in [2.75, 3.05) is 26.2 Å². The van der Waals surface area contributed by atoms with Crippen molar-refractivity contribution in [3.05, 3.63) is 59.2 Å². The van der Waals surface area contributed by atoms with E-state index in [2.05, 4.69) is 15.3 Å². The number of carbonyl (C=O) groups excluding carboxylic acids is 2. The number of hydrogen-bond donors (Lipinski definition) is 1. The molecule has 1 amide bonds. The van der Waals surface area contributed by atoms with Crippen LogP contribution >= 0.6 is 0 Å². The van der Waals surface area contributed by atoms with Gasteiger partial charge in [0.05, 0.1) is 22.5 Å². The smallest absolute Gasteiger partial charge is 0.444 e. The highest BCUT2D eigenvalue weighted by Gasteiger charge is 2.40. The van der Waals surface area contributed by atoms with Crippen molar-refractivity contribution in [1.82, 2.24) is 20.2 Å². The fourth-order valence-electron chi connectivity index (χ4n) is 4.16. The number of alkyl halides is 5. The lowest BCUT2D eigenvalue weighted by Crippen LogP contribution is -2.45. The van der Waals surface area contributed by atoms with Gasteiger partial charge in [0.2, 0.25) is 6.29 Å². The van der Waals surface area contributed by atoms with Crippen molar-refractivity contribution in [3.63, 3.8) is 0 Å². The van der Waals surface area contributed by atoms with E-state index in [1.807, 2.05) is 12.1 Å². The van der Waals surface area contributed by atoms with Gasteiger partial charge in [0.25, 0.3) is 0 Å². The highest BCUT2D eigenvalue weighted by molar-refractivity contribution is 5.68. The molecule has 2 aliphatic heterocycles. The normalized spacial score (nSPS) is 17.0. The zero-order valence-electron chi connectivity index (χ0n) is 26.8. The number of amides is 1. The van der Waals surface area contributed by atoms with Gasteiger partial charge in [-0.1, -0.05) is 13.8 Å². The molecule has 1 N–H and O–H groups in total. The highest BCUT2D eigenvalue weighted by Crippen LogP contribution is 2.36. The van der Waals surface area contributed by atoms with Crippen LogP contribution in [0.5, 0.6) is 0 Å². The van der Waals surface area contributed by atoms with Crippen molar-refractivity contribution in [1.29, 1.82) is 10.5 Å². The minimum Gasteiger partial charge on any atom is -0.444 e. The van der Waals surface area contributed by atoms with Crippen LogP contribution in [0.2, 0.25) is 0 Å².